The van der Waals surface area contributed by atoms with Crippen molar-refractivity contribution in [2.75, 3.05) is 39.8 Å². The number of rotatable bonds is 8. The molecule has 0 atom stereocenters. The summed E-state index contributed by atoms with van der Waals surface area (Å²) in [5, 5.41) is 0. The third-order valence-corrected chi connectivity index (χ3v) is 2.45. The zero-order chi connectivity index (χ0) is 12.6. The van der Waals surface area contributed by atoms with Crippen LogP contribution in [0.5, 0.6) is 0 Å². The summed E-state index contributed by atoms with van der Waals surface area (Å²) >= 11 is 0. The van der Waals surface area contributed by atoms with Crippen LogP contribution in [0.1, 0.15) is 27.7 Å². The molecule has 4 heteroatoms. The lowest BCUT2D eigenvalue weighted by Gasteiger charge is -2.23. The molecule has 1 amide bonds. The van der Waals surface area contributed by atoms with Crippen molar-refractivity contribution in [1.29, 1.82) is 0 Å². The Hall–Kier alpha value is -0.610. The molecule has 0 rings (SSSR count). The van der Waals surface area contributed by atoms with Crippen LogP contribution in [0.3, 0.4) is 0 Å². The van der Waals surface area contributed by atoms with Crippen molar-refractivity contribution in [3.63, 3.8) is 0 Å². The molecule has 0 N–H and O–H groups in total. The Morgan fingerprint density at radius 2 is 1.81 bits per heavy atom. The van der Waals surface area contributed by atoms with Crippen molar-refractivity contribution in [3.05, 3.63) is 0 Å². The van der Waals surface area contributed by atoms with Crippen molar-refractivity contribution in [3.8, 4) is 0 Å². The zero-order valence-corrected chi connectivity index (χ0v) is 11.3. The molecule has 0 aliphatic rings. The van der Waals surface area contributed by atoms with E-state index in [2.05, 4.69) is 0 Å². The summed E-state index contributed by atoms with van der Waals surface area (Å²) in [5.41, 5.74) is 0. The number of hydrogen-bond donors (Lipinski definition) is 0. The summed E-state index contributed by atoms with van der Waals surface area (Å²) in [6, 6.07) is 0. The van der Waals surface area contributed by atoms with Gasteiger partial charge in [0.05, 0.1) is 19.3 Å². The molecule has 0 aromatic heterocycles. The molecule has 0 aliphatic heterocycles. The molecule has 0 aromatic carbocycles. The van der Waals surface area contributed by atoms with E-state index in [1.807, 2.05) is 44.5 Å². The number of carbonyl (C=O) groups is 1. The largest absolute Gasteiger partial charge is 0.377 e. The van der Waals surface area contributed by atoms with Crippen LogP contribution < -0.4 is 0 Å². The first-order valence-corrected chi connectivity index (χ1v) is 6.09. The Morgan fingerprint density at radius 3 is 2.25 bits per heavy atom. The number of carbonyl (C=O) groups excluding carboxylic acids is 1. The Morgan fingerprint density at radius 1 is 1.25 bits per heavy atom. The van der Waals surface area contributed by atoms with E-state index in [0.29, 0.717) is 13.2 Å². The third-order valence-electron chi connectivity index (χ3n) is 2.45. The fraction of sp³-hybridized carbons (Fsp3) is 0.917. The van der Waals surface area contributed by atoms with Gasteiger partial charge in [-0.1, -0.05) is 0 Å². The highest BCUT2D eigenvalue weighted by Gasteiger charge is 2.11. The lowest BCUT2D eigenvalue weighted by molar-refractivity contribution is -0.131. The third kappa shape index (κ3) is 6.80. The van der Waals surface area contributed by atoms with Gasteiger partial charge in [0.2, 0.25) is 5.91 Å². The van der Waals surface area contributed by atoms with Gasteiger partial charge in [-0.3, -0.25) is 9.69 Å². The quantitative estimate of drug-likeness (QED) is 0.628. The number of hydrogen-bond acceptors (Lipinski definition) is 3. The van der Waals surface area contributed by atoms with Gasteiger partial charge in [0, 0.05) is 19.6 Å². The molecule has 0 spiro atoms. The average Bonchev–Trinajstić information content (AvgIpc) is 2.18. The Labute approximate surface area is 99.5 Å². The first kappa shape index (κ1) is 15.4. The van der Waals surface area contributed by atoms with E-state index in [4.69, 9.17) is 4.74 Å². The fourth-order valence-electron chi connectivity index (χ4n) is 1.43. The average molecular weight is 230 g/mol. The second kappa shape index (κ2) is 8.53. The number of likely N-dealkylation sites (N-methyl/N-ethyl adjacent to an activating group) is 2. The highest BCUT2D eigenvalue weighted by Crippen LogP contribution is 1.93. The van der Waals surface area contributed by atoms with E-state index in [9.17, 15) is 4.79 Å². The fourth-order valence-corrected chi connectivity index (χ4v) is 1.43. The van der Waals surface area contributed by atoms with Crippen molar-refractivity contribution in [2.24, 2.45) is 0 Å². The van der Waals surface area contributed by atoms with Gasteiger partial charge in [-0.25, -0.2) is 0 Å². The summed E-state index contributed by atoms with van der Waals surface area (Å²) in [6.45, 7) is 11.6. The molecule has 0 bridgehead atoms. The molecular formula is C12H26N2O2. The molecule has 0 fully saturated rings. The van der Waals surface area contributed by atoms with E-state index in [0.717, 1.165) is 19.6 Å². The van der Waals surface area contributed by atoms with Gasteiger partial charge in [-0.05, 0) is 34.7 Å². The van der Waals surface area contributed by atoms with Crippen LogP contribution in [-0.4, -0.2) is 61.6 Å². The van der Waals surface area contributed by atoms with Gasteiger partial charge in [0.1, 0.15) is 0 Å². The normalized spacial score (nSPS) is 11.2. The molecule has 0 aliphatic carbocycles. The maximum Gasteiger partial charge on any atom is 0.236 e. The van der Waals surface area contributed by atoms with E-state index >= 15 is 0 Å². The number of nitrogens with zero attached hydrogens (tertiary/aromatic N) is 2. The molecule has 0 saturated heterocycles. The minimum atomic E-state index is 0.192. The molecule has 0 unspecified atom stereocenters. The summed E-state index contributed by atoms with van der Waals surface area (Å²) in [5.74, 6) is 0.192. The summed E-state index contributed by atoms with van der Waals surface area (Å²) < 4.78 is 5.44. The van der Waals surface area contributed by atoms with Crippen LogP contribution in [0.4, 0.5) is 0 Å². The molecular weight excluding hydrogens is 204 g/mol. The summed E-state index contributed by atoms with van der Waals surface area (Å²) in [4.78, 5) is 15.6. The van der Waals surface area contributed by atoms with Crippen LogP contribution in [0.15, 0.2) is 0 Å². The maximum atomic E-state index is 11.8. The highest BCUT2D eigenvalue weighted by molar-refractivity contribution is 5.78. The molecule has 0 saturated carbocycles. The first-order valence-electron chi connectivity index (χ1n) is 6.09. The molecule has 96 valence electrons. The molecule has 4 nitrogen and oxygen atoms in total. The predicted molar refractivity (Wildman–Crippen MR) is 66.5 cm³/mol. The van der Waals surface area contributed by atoms with Crippen LogP contribution >= 0.6 is 0 Å². The zero-order valence-electron chi connectivity index (χ0n) is 11.3. The first-order chi connectivity index (χ1) is 7.51. The van der Waals surface area contributed by atoms with Crippen molar-refractivity contribution in [2.45, 2.75) is 33.8 Å². The van der Waals surface area contributed by atoms with Crippen LogP contribution in [0.25, 0.3) is 0 Å². The van der Waals surface area contributed by atoms with Gasteiger partial charge in [0.25, 0.3) is 0 Å². The minimum absolute atomic E-state index is 0.192. The van der Waals surface area contributed by atoms with Crippen molar-refractivity contribution < 1.29 is 9.53 Å². The maximum absolute atomic E-state index is 11.8. The Bertz CT molecular complexity index is 191. The predicted octanol–water partition coefficient (Wildman–Crippen LogP) is 1.21. The SMILES string of the molecule is CCN(CC)C(=O)CN(C)CCOC(C)C. The Balaban J connectivity index is 3.77. The van der Waals surface area contributed by atoms with E-state index < -0.39 is 0 Å². The van der Waals surface area contributed by atoms with Gasteiger partial charge in [-0.15, -0.1) is 0 Å². The minimum Gasteiger partial charge on any atom is -0.377 e. The second-order valence-corrected chi connectivity index (χ2v) is 4.22. The van der Waals surface area contributed by atoms with Gasteiger partial charge < -0.3 is 9.64 Å². The highest BCUT2D eigenvalue weighted by atomic mass is 16.5. The van der Waals surface area contributed by atoms with Crippen LogP contribution in [0.2, 0.25) is 0 Å². The van der Waals surface area contributed by atoms with Crippen molar-refractivity contribution in [1.82, 2.24) is 9.80 Å². The second-order valence-electron chi connectivity index (χ2n) is 4.22. The molecule has 0 radical (unpaired) electrons. The van der Waals surface area contributed by atoms with Crippen molar-refractivity contribution >= 4 is 5.91 Å². The molecule has 0 heterocycles. The molecule has 16 heavy (non-hydrogen) atoms. The summed E-state index contributed by atoms with van der Waals surface area (Å²) in [6.07, 6.45) is 0.256. The van der Waals surface area contributed by atoms with Gasteiger partial charge in [-0.2, -0.15) is 0 Å². The molecule has 0 aromatic rings. The number of amides is 1. The summed E-state index contributed by atoms with van der Waals surface area (Å²) in [7, 11) is 1.95. The van der Waals surface area contributed by atoms with E-state index in [1.165, 1.54) is 0 Å². The van der Waals surface area contributed by atoms with Gasteiger partial charge >= 0.3 is 0 Å². The van der Waals surface area contributed by atoms with E-state index in [1.54, 1.807) is 0 Å². The van der Waals surface area contributed by atoms with Gasteiger partial charge in [0.15, 0.2) is 0 Å². The smallest absolute Gasteiger partial charge is 0.236 e. The standard InChI is InChI=1S/C12H26N2O2/c1-6-14(7-2)12(15)10-13(5)8-9-16-11(3)4/h11H,6-10H2,1-5H3. The number of ether oxygens (including phenoxy) is 1. The topological polar surface area (TPSA) is 32.8 Å². The van der Waals surface area contributed by atoms with E-state index in [-0.39, 0.29) is 12.0 Å². The van der Waals surface area contributed by atoms with Crippen LogP contribution in [-0.2, 0) is 9.53 Å². The van der Waals surface area contributed by atoms with Crippen LogP contribution in [0, 0.1) is 0 Å². The Kier molecular flexibility index (Phi) is 8.21. The lowest BCUT2D eigenvalue weighted by Crippen LogP contribution is -2.39. The monoisotopic (exact) mass is 230 g/mol. The lowest BCUT2D eigenvalue weighted by atomic mass is 10.4.